The van der Waals surface area contributed by atoms with Gasteiger partial charge in [-0.15, -0.1) is 0 Å². The van der Waals surface area contributed by atoms with E-state index in [4.69, 9.17) is 5.73 Å². The summed E-state index contributed by atoms with van der Waals surface area (Å²) in [5, 5.41) is 0. The Morgan fingerprint density at radius 1 is 1.40 bits per heavy atom. The highest BCUT2D eigenvalue weighted by Crippen LogP contribution is 2.23. The number of piperidine rings is 1. The minimum absolute atomic E-state index is 0.283. The molecule has 1 fully saturated rings. The highest BCUT2D eigenvalue weighted by Gasteiger charge is 2.27. The molecule has 1 aromatic carbocycles. The third-order valence-corrected chi connectivity index (χ3v) is 5.28. The molecule has 0 saturated carbocycles. The van der Waals surface area contributed by atoms with Gasteiger partial charge < -0.3 is 5.73 Å². The second kappa shape index (κ2) is 6.07. The van der Waals surface area contributed by atoms with E-state index >= 15 is 0 Å². The number of hydrogen-bond donors (Lipinski definition) is 2. The zero-order valence-corrected chi connectivity index (χ0v) is 12.3. The van der Waals surface area contributed by atoms with E-state index in [0.29, 0.717) is 31.1 Å². The first-order valence-corrected chi connectivity index (χ1v) is 8.11. The zero-order chi connectivity index (χ0) is 14.8. The maximum Gasteiger partial charge on any atom is 0.301 e. The van der Waals surface area contributed by atoms with Gasteiger partial charge in [0.1, 0.15) is 5.82 Å². The van der Waals surface area contributed by atoms with Crippen molar-refractivity contribution in [2.45, 2.75) is 19.8 Å². The molecule has 0 amide bonds. The molecule has 20 heavy (non-hydrogen) atoms. The van der Waals surface area contributed by atoms with Gasteiger partial charge in [0.15, 0.2) is 0 Å². The van der Waals surface area contributed by atoms with Crippen molar-refractivity contribution in [3.63, 3.8) is 0 Å². The zero-order valence-electron chi connectivity index (χ0n) is 11.5. The molecule has 1 aliphatic rings. The summed E-state index contributed by atoms with van der Waals surface area (Å²) in [5.41, 5.74) is 6.17. The van der Waals surface area contributed by atoms with Crippen LogP contribution in [0.1, 0.15) is 18.4 Å². The normalized spacial score (nSPS) is 18.1. The van der Waals surface area contributed by atoms with E-state index in [1.165, 1.54) is 16.4 Å². The first-order chi connectivity index (χ1) is 9.44. The van der Waals surface area contributed by atoms with Crippen LogP contribution in [-0.2, 0) is 10.2 Å². The lowest BCUT2D eigenvalue weighted by Crippen LogP contribution is -2.42. The molecule has 7 heteroatoms. The van der Waals surface area contributed by atoms with Gasteiger partial charge in [-0.05, 0) is 44.4 Å². The lowest BCUT2D eigenvalue weighted by molar-refractivity contribution is 0.280. The molecule has 1 heterocycles. The highest BCUT2D eigenvalue weighted by molar-refractivity contribution is 7.90. The Morgan fingerprint density at radius 3 is 2.65 bits per heavy atom. The van der Waals surface area contributed by atoms with Gasteiger partial charge in [-0.3, -0.25) is 4.72 Å². The molecule has 0 bridgehead atoms. The molecule has 0 spiro atoms. The van der Waals surface area contributed by atoms with E-state index in [9.17, 15) is 12.8 Å². The Balaban J connectivity index is 2.10. The van der Waals surface area contributed by atoms with Crippen LogP contribution < -0.4 is 10.5 Å². The van der Waals surface area contributed by atoms with Crippen LogP contribution in [0.25, 0.3) is 0 Å². The Morgan fingerprint density at radius 2 is 2.05 bits per heavy atom. The molecule has 3 N–H and O–H groups in total. The van der Waals surface area contributed by atoms with Gasteiger partial charge in [0.2, 0.25) is 0 Å². The monoisotopic (exact) mass is 301 g/mol. The number of nitrogens with two attached hydrogens (primary N) is 1. The Labute approximate surface area is 119 Å². The van der Waals surface area contributed by atoms with Gasteiger partial charge in [-0.1, -0.05) is 6.07 Å². The predicted octanol–water partition coefficient (Wildman–Crippen LogP) is 1.46. The van der Waals surface area contributed by atoms with Gasteiger partial charge in [-0.2, -0.15) is 12.7 Å². The van der Waals surface area contributed by atoms with Crippen molar-refractivity contribution < 1.29 is 12.8 Å². The van der Waals surface area contributed by atoms with E-state index in [1.54, 1.807) is 13.0 Å². The number of halogens is 1. The smallest absolute Gasteiger partial charge is 0.301 e. The molecular weight excluding hydrogens is 281 g/mol. The second-order valence-electron chi connectivity index (χ2n) is 5.10. The fourth-order valence-electron chi connectivity index (χ4n) is 2.31. The molecular formula is C13H20FN3O2S. The van der Waals surface area contributed by atoms with Crippen LogP contribution >= 0.6 is 0 Å². The summed E-state index contributed by atoms with van der Waals surface area (Å²) in [6.07, 6.45) is 1.53. The molecule has 0 aromatic heterocycles. The van der Waals surface area contributed by atoms with Crippen LogP contribution in [0, 0.1) is 18.7 Å². The number of nitrogens with zero attached hydrogens (tertiary/aromatic N) is 1. The first-order valence-electron chi connectivity index (χ1n) is 6.67. The fraction of sp³-hybridized carbons (Fsp3) is 0.538. The van der Waals surface area contributed by atoms with Crippen LogP contribution in [0.2, 0.25) is 0 Å². The lowest BCUT2D eigenvalue weighted by atomic mass is 9.99. The Hall–Kier alpha value is -1.18. The SMILES string of the molecule is Cc1c(F)cccc1NS(=O)(=O)N1CCC(CN)CC1. The predicted molar refractivity (Wildman–Crippen MR) is 77.0 cm³/mol. The molecule has 1 saturated heterocycles. The molecule has 112 valence electrons. The van der Waals surface area contributed by atoms with E-state index < -0.39 is 16.0 Å². The number of rotatable bonds is 4. The number of hydrogen-bond acceptors (Lipinski definition) is 3. The van der Waals surface area contributed by atoms with Crippen molar-refractivity contribution in [1.82, 2.24) is 4.31 Å². The van der Waals surface area contributed by atoms with E-state index in [2.05, 4.69) is 4.72 Å². The van der Waals surface area contributed by atoms with E-state index in [1.807, 2.05) is 0 Å². The Kier molecular flexibility index (Phi) is 4.62. The molecule has 0 radical (unpaired) electrons. The van der Waals surface area contributed by atoms with E-state index in [-0.39, 0.29) is 5.69 Å². The van der Waals surface area contributed by atoms with Crippen molar-refractivity contribution in [2.75, 3.05) is 24.4 Å². The first kappa shape index (κ1) is 15.2. The minimum atomic E-state index is -3.63. The highest BCUT2D eigenvalue weighted by atomic mass is 32.2. The summed E-state index contributed by atoms with van der Waals surface area (Å²) in [6.45, 7) is 3.04. The summed E-state index contributed by atoms with van der Waals surface area (Å²) in [7, 11) is -3.63. The largest absolute Gasteiger partial charge is 0.330 e. The van der Waals surface area contributed by atoms with Gasteiger partial charge in [0, 0.05) is 18.7 Å². The maximum atomic E-state index is 13.4. The summed E-state index contributed by atoms with van der Waals surface area (Å²) >= 11 is 0. The van der Waals surface area contributed by atoms with Gasteiger partial charge in [-0.25, -0.2) is 4.39 Å². The van der Waals surface area contributed by atoms with Crippen LogP contribution in [-0.4, -0.2) is 32.4 Å². The topological polar surface area (TPSA) is 75.4 Å². The van der Waals surface area contributed by atoms with Gasteiger partial charge in [0.05, 0.1) is 5.69 Å². The molecule has 2 rings (SSSR count). The third kappa shape index (κ3) is 3.28. The summed E-state index contributed by atoms with van der Waals surface area (Å²) in [5.74, 6) is -0.0376. The molecule has 0 unspecified atom stereocenters. The molecule has 1 aromatic rings. The number of benzene rings is 1. The summed E-state index contributed by atoms with van der Waals surface area (Å²) < 4.78 is 41.8. The molecule has 5 nitrogen and oxygen atoms in total. The molecule has 0 atom stereocenters. The fourth-order valence-corrected chi connectivity index (χ4v) is 3.63. The van der Waals surface area contributed by atoms with E-state index in [0.717, 1.165) is 12.8 Å². The Bertz CT molecular complexity index is 569. The van der Waals surface area contributed by atoms with Crippen LogP contribution in [0.4, 0.5) is 10.1 Å². The van der Waals surface area contributed by atoms with Gasteiger partial charge in [0.25, 0.3) is 0 Å². The van der Waals surface area contributed by atoms with Crippen molar-refractivity contribution in [1.29, 1.82) is 0 Å². The van der Waals surface area contributed by atoms with Crippen molar-refractivity contribution in [2.24, 2.45) is 11.7 Å². The minimum Gasteiger partial charge on any atom is -0.330 e. The average Bonchev–Trinajstić information content (AvgIpc) is 2.44. The molecule has 0 aliphatic carbocycles. The summed E-state index contributed by atoms with van der Waals surface area (Å²) in [4.78, 5) is 0. The van der Waals surface area contributed by atoms with Crippen molar-refractivity contribution >= 4 is 15.9 Å². The number of anilines is 1. The second-order valence-corrected chi connectivity index (χ2v) is 6.77. The van der Waals surface area contributed by atoms with Crippen molar-refractivity contribution in [3.8, 4) is 0 Å². The number of nitrogens with one attached hydrogen (secondary N) is 1. The maximum absolute atomic E-state index is 13.4. The van der Waals surface area contributed by atoms with Crippen LogP contribution in [0.15, 0.2) is 18.2 Å². The lowest BCUT2D eigenvalue weighted by Gasteiger charge is -2.30. The van der Waals surface area contributed by atoms with Crippen LogP contribution in [0.5, 0.6) is 0 Å². The third-order valence-electron chi connectivity index (χ3n) is 3.75. The summed E-state index contributed by atoms with van der Waals surface area (Å²) in [6, 6.07) is 4.35. The van der Waals surface area contributed by atoms with Gasteiger partial charge >= 0.3 is 10.2 Å². The average molecular weight is 301 g/mol. The standard InChI is InChI=1S/C13H20FN3O2S/c1-10-12(14)3-2-4-13(10)16-20(18,19)17-7-5-11(9-15)6-8-17/h2-4,11,16H,5-9,15H2,1H3. The van der Waals surface area contributed by atoms with Crippen LogP contribution in [0.3, 0.4) is 0 Å². The quantitative estimate of drug-likeness (QED) is 0.884. The van der Waals surface area contributed by atoms with Crippen molar-refractivity contribution in [3.05, 3.63) is 29.6 Å². The molecule has 1 aliphatic heterocycles.